The zero-order chi connectivity index (χ0) is 21.4. The fourth-order valence-corrected chi connectivity index (χ4v) is 3.28. The van der Waals surface area contributed by atoms with Gasteiger partial charge in [0, 0.05) is 32.2 Å². The highest BCUT2D eigenvalue weighted by atomic mass is 16.2. The third-order valence-electron chi connectivity index (χ3n) is 5.14. The Morgan fingerprint density at radius 2 is 1.97 bits per heavy atom. The predicted molar refractivity (Wildman–Crippen MR) is 110 cm³/mol. The Kier molecular flexibility index (Phi) is 4.98. The van der Waals surface area contributed by atoms with Crippen LogP contribution < -0.4 is 21.9 Å². The van der Waals surface area contributed by atoms with Crippen LogP contribution in [-0.2, 0) is 36.8 Å². The molecule has 0 saturated heterocycles. The molecule has 4 rings (SSSR count). The van der Waals surface area contributed by atoms with Gasteiger partial charge in [0.25, 0.3) is 5.56 Å². The Morgan fingerprint density at radius 1 is 1.20 bits per heavy atom. The van der Waals surface area contributed by atoms with Crippen molar-refractivity contribution in [3.8, 4) is 0 Å². The number of hydrogen-bond donors (Lipinski definition) is 2. The topological polar surface area (TPSA) is 120 Å². The monoisotopic (exact) mass is 410 g/mol. The third-order valence-corrected chi connectivity index (χ3v) is 5.14. The minimum atomic E-state index is -0.605. The van der Waals surface area contributed by atoms with Gasteiger partial charge >= 0.3 is 5.69 Å². The highest BCUT2D eigenvalue weighted by molar-refractivity contribution is 5.94. The van der Waals surface area contributed by atoms with Gasteiger partial charge in [-0.15, -0.1) is 0 Å². The fourth-order valence-electron chi connectivity index (χ4n) is 3.28. The van der Waals surface area contributed by atoms with Crippen LogP contribution in [0.4, 0.5) is 5.69 Å². The van der Waals surface area contributed by atoms with E-state index >= 15 is 0 Å². The first-order chi connectivity index (χ1) is 14.3. The molecule has 10 heteroatoms. The summed E-state index contributed by atoms with van der Waals surface area (Å²) in [7, 11) is 3.16. The molecule has 1 aromatic carbocycles. The highest BCUT2D eigenvalue weighted by Gasteiger charge is 2.29. The van der Waals surface area contributed by atoms with Gasteiger partial charge in [-0.3, -0.25) is 19.0 Å². The highest BCUT2D eigenvalue weighted by Crippen LogP contribution is 2.30. The van der Waals surface area contributed by atoms with Crippen LogP contribution in [0.1, 0.15) is 18.4 Å². The molecular weight excluding hydrogens is 388 g/mol. The second-order valence-electron chi connectivity index (χ2n) is 7.50. The fraction of sp³-hybridized carbons (Fsp3) is 0.350. The third kappa shape index (κ3) is 3.76. The van der Waals surface area contributed by atoms with Crippen LogP contribution in [0.5, 0.6) is 0 Å². The summed E-state index contributed by atoms with van der Waals surface area (Å²) in [5.41, 5.74) is 0.821. The van der Waals surface area contributed by atoms with Crippen molar-refractivity contribution in [3.05, 3.63) is 57.0 Å². The molecule has 10 nitrogen and oxygen atoms in total. The first-order valence-electron chi connectivity index (χ1n) is 9.62. The van der Waals surface area contributed by atoms with Crippen molar-refractivity contribution in [1.82, 2.24) is 24.0 Å². The van der Waals surface area contributed by atoms with Gasteiger partial charge in [-0.1, -0.05) is 12.1 Å². The van der Waals surface area contributed by atoms with Gasteiger partial charge in [-0.25, -0.2) is 14.3 Å². The van der Waals surface area contributed by atoms with E-state index in [0.29, 0.717) is 5.69 Å². The number of anilines is 1. The van der Waals surface area contributed by atoms with E-state index in [1.165, 1.54) is 22.5 Å². The number of imidazole rings is 1. The number of fused-ring (bicyclic) bond motifs is 1. The average molecular weight is 410 g/mol. The molecule has 156 valence electrons. The lowest BCUT2D eigenvalue weighted by atomic mass is 10.2. The quantitative estimate of drug-likeness (QED) is 0.597. The summed E-state index contributed by atoms with van der Waals surface area (Å²) in [6.45, 7) is -0.195. The maximum Gasteiger partial charge on any atom is 0.332 e. The molecule has 1 fully saturated rings. The van der Waals surface area contributed by atoms with E-state index in [0.717, 1.165) is 23.0 Å². The smallest absolute Gasteiger partial charge is 0.332 e. The zero-order valence-corrected chi connectivity index (χ0v) is 16.7. The van der Waals surface area contributed by atoms with Crippen molar-refractivity contribution in [1.29, 1.82) is 0 Å². The maximum atomic E-state index is 12.7. The van der Waals surface area contributed by atoms with Gasteiger partial charge in [0.1, 0.15) is 6.54 Å². The van der Waals surface area contributed by atoms with Crippen molar-refractivity contribution < 1.29 is 9.59 Å². The summed E-state index contributed by atoms with van der Waals surface area (Å²) in [5, 5.41) is 5.57. The lowest BCUT2D eigenvalue weighted by Crippen LogP contribution is -2.43. The second kappa shape index (κ2) is 7.62. The largest absolute Gasteiger partial charge is 0.350 e. The summed E-state index contributed by atoms with van der Waals surface area (Å²) < 4.78 is 3.66. The molecule has 2 heterocycles. The number of nitrogens with zero attached hydrogens (tertiary/aromatic N) is 4. The molecule has 30 heavy (non-hydrogen) atoms. The Balaban J connectivity index is 1.46. The molecule has 1 saturated carbocycles. The van der Waals surface area contributed by atoms with Crippen molar-refractivity contribution >= 4 is 28.7 Å². The van der Waals surface area contributed by atoms with Crippen molar-refractivity contribution in [2.24, 2.45) is 20.0 Å². The Bertz CT molecular complexity index is 1260. The molecule has 0 spiro atoms. The molecule has 0 radical (unpaired) electrons. The van der Waals surface area contributed by atoms with Crippen LogP contribution >= 0.6 is 0 Å². The minimum absolute atomic E-state index is 0.0111. The maximum absolute atomic E-state index is 12.7. The predicted octanol–water partition coefficient (Wildman–Crippen LogP) is 0.0986. The Labute approximate surface area is 171 Å². The standard InChI is InChI=1S/C20H22N6O4/c1-24-11-22-17-16(24)19(29)26(20(30)25(17)2)10-15(27)21-9-12-4-3-5-14(8-12)23-18(28)13-6-7-13/h3-5,8,11,13H,6-7,9-10H2,1-2H3,(H,21,27)(H,23,28). The van der Waals surface area contributed by atoms with E-state index in [-0.39, 0.29) is 29.5 Å². The Hall–Kier alpha value is -3.69. The van der Waals surface area contributed by atoms with Crippen molar-refractivity contribution in [3.63, 3.8) is 0 Å². The number of rotatable bonds is 6. The molecule has 2 N–H and O–H groups in total. The van der Waals surface area contributed by atoms with Crippen LogP contribution in [0.3, 0.4) is 0 Å². The van der Waals surface area contributed by atoms with Gasteiger partial charge in [-0.05, 0) is 30.5 Å². The molecule has 1 aliphatic carbocycles. The summed E-state index contributed by atoms with van der Waals surface area (Å²) >= 11 is 0. The lowest BCUT2D eigenvalue weighted by Gasteiger charge is -2.10. The first-order valence-corrected chi connectivity index (χ1v) is 9.62. The number of carbonyl (C=O) groups is 2. The van der Waals surface area contributed by atoms with E-state index in [2.05, 4.69) is 15.6 Å². The van der Waals surface area contributed by atoms with E-state index in [1.54, 1.807) is 25.2 Å². The summed E-state index contributed by atoms with van der Waals surface area (Å²) in [6.07, 6.45) is 3.29. The summed E-state index contributed by atoms with van der Waals surface area (Å²) in [6, 6.07) is 7.19. The second-order valence-corrected chi connectivity index (χ2v) is 7.50. The molecule has 0 atom stereocenters. The number of nitrogens with one attached hydrogen (secondary N) is 2. The summed E-state index contributed by atoms with van der Waals surface area (Å²) in [4.78, 5) is 53.5. The van der Waals surface area contributed by atoms with E-state index in [1.807, 2.05) is 6.07 Å². The molecule has 2 aromatic heterocycles. The first kappa shape index (κ1) is 19.6. The molecule has 0 unspecified atom stereocenters. The number of amides is 2. The molecule has 2 amide bonds. The molecule has 0 aliphatic heterocycles. The number of aromatic nitrogens is 4. The van der Waals surface area contributed by atoms with E-state index in [4.69, 9.17) is 0 Å². The van der Waals surface area contributed by atoms with E-state index < -0.39 is 23.7 Å². The van der Waals surface area contributed by atoms with Gasteiger partial charge < -0.3 is 15.2 Å². The van der Waals surface area contributed by atoms with E-state index in [9.17, 15) is 19.2 Å². The number of benzene rings is 1. The number of aryl methyl sites for hydroxylation is 2. The molecule has 3 aromatic rings. The van der Waals surface area contributed by atoms with Crippen molar-refractivity contribution in [2.45, 2.75) is 25.9 Å². The van der Waals surface area contributed by atoms with Gasteiger partial charge in [0.2, 0.25) is 11.8 Å². The zero-order valence-electron chi connectivity index (χ0n) is 16.7. The van der Waals surface area contributed by atoms with Crippen LogP contribution in [0.2, 0.25) is 0 Å². The van der Waals surface area contributed by atoms with Crippen LogP contribution in [-0.4, -0.2) is 30.5 Å². The minimum Gasteiger partial charge on any atom is -0.350 e. The molecule has 1 aliphatic rings. The van der Waals surface area contributed by atoms with Crippen LogP contribution in [0.25, 0.3) is 11.2 Å². The Morgan fingerprint density at radius 3 is 2.70 bits per heavy atom. The van der Waals surface area contributed by atoms with Crippen molar-refractivity contribution in [2.75, 3.05) is 5.32 Å². The summed E-state index contributed by atoms with van der Waals surface area (Å²) in [5.74, 6) is -0.355. The molecule has 0 bridgehead atoms. The number of hydrogen-bond acceptors (Lipinski definition) is 5. The lowest BCUT2D eigenvalue weighted by molar-refractivity contribution is -0.122. The molecular formula is C20H22N6O4. The normalized spacial score (nSPS) is 13.4. The van der Waals surface area contributed by atoms with Gasteiger partial charge in [-0.2, -0.15) is 0 Å². The SMILES string of the molecule is Cn1cnc2c1c(=O)n(CC(=O)NCc1cccc(NC(=O)C3CC3)c1)c(=O)n2C. The van der Waals surface area contributed by atoms with Gasteiger partial charge in [0.05, 0.1) is 6.33 Å². The van der Waals surface area contributed by atoms with Gasteiger partial charge in [0.15, 0.2) is 11.2 Å². The van der Waals surface area contributed by atoms with Crippen LogP contribution in [0.15, 0.2) is 40.2 Å². The van der Waals surface area contributed by atoms with Crippen LogP contribution in [0, 0.1) is 5.92 Å². The number of carbonyl (C=O) groups excluding carboxylic acids is 2. The average Bonchev–Trinajstić information content (AvgIpc) is 3.50.